The van der Waals surface area contributed by atoms with E-state index in [4.69, 9.17) is 4.74 Å². The lowest BCUT2D eigenvalue weighted by Crippen LogP contribution is -2.36. The van der Waals surface area contributed by atoms with Gasteiger partial charge in [-0.15, -0.1) is 0 Å². The predicted molar refractivity (Wildman–Crippen MR) is 69.9 cm³/mol. The zero-order chi connectivity index (χ0) is 12.4. The Kier molecular flexibility index (Phi) is 4.13. The summed E-state index contributed by atoms with van der Waals surface area (Å²) >= 11 is 0. The third-order valence-electron chi connectivity index (χ3n) is 5.00. The van der Waals surface area contributed by atoms with Crippen molar-refractivity contribution in [2.75, 3.05) is 6.61 Å². The van der Waals surface area contributed by atoms with Crippen LogP contribution in [0.1, 0.15) is 46.5 Å². The van der Waals surface area contributed by atoms with Crippen LogP contribution in [0.4, 0.5) is 0 Å². The summed E-state index contributed by atoms with van der Waals surface area (Å²) in [5.74, 6) is 2.75. The molecule has 2 nitrogen and oxygen atoms in total. The smallest absolute Gasteiger partial charge is 0.0783 e. The fraction of sp³-hybridized carbons (Fsp3) is 0.867. The highest BCUT2D eigenvalue weighted by atomic mass is 16.5. The Hall–Kier alpha value is -0.500. The van der Waals surface area contributed by atoms with E-state index in [9.17, 15) is 5.11 Å². The maximum absolute atomic E-state index is 9.26. The molecule has 17 heavy (non-hydrogen) atoms. The molecule has 1 saturated carbocycles. The number of hydrogen-bond donors (Lipinski definition) is 1. The first kappa shape index (κ1) is 12.9. The Balaban J connectivity index is 2.16. The average molecular weight is 238 g/mol. The maximum Gasteiger partial charge on any atom is 0.0783 e. The van der Waals surface area contributed by atoms with Crippen molar-refractivity contribution >= 4 is 0 Å². The molecular formula is C15H26O2. The van der Waals surface area contributed by atoms with Crippen molar-refractivity contribution < 1.29 is 9.84 Å². The Morgan fingerprint density at radius 3 is 2.59 bits per heavy atom. The summed E-state index contributed by atoms with van der Waals surface area (Å²) in [6, 6.07) is 0. The van der Waals surface area contributed by atoms with Gasteiger partial charge in [-0.25, -0.2) is 0 Å². The number of aliphatic hydroxyl groups excluding tert-OH is 1. The van der Waals surface area contributed by atoms with Crippen LogP contribution in [0.3, 0.4) is 0 Å². The van der Waals surface area contributed by atoms with Crippen LogP contribution in [0.5, 0.6) is 0 Å². The molecule has 0 radical (unpaired) electrons. The van der Waals surface area contributed by atoms with E-state index < -0.39 is 0 Å². The molecule has 0 aromatic heterocycles. The highest BCUT2D eigenvalue weighted by Crippen LogP contribution is 2.45. The first-order valence-electron chi connectivity index (χ1n) is 7.06. The zero-order valence-corrected chi connectivity index (χ0v) is 11.4. The van der Waals surface area contributed by atoms with Crippen LogP contribution < -0.4 is 0 Å². The molecule has 1 saturated heterocycles. The van der Waals surface area contributed by atoms with Gasteiger partial charge in [-0.1, -0.05) is 6.92 Å². The molecule has 0 aromatic rings. The summed E-state index contributed by atoms with van der Waals surface area (Å²) in [6.07, 6.45) is 6.72. The molecular weight excluding hydrogens is 212 g/mol. The van der Waals surface area contributed by atoms with Gasteiger partial charge in [0.1, 0.15) is 0 Å². The second-order valence-electron chi connectivity index (χ2n) is 6.08. The van der Waals surface area contributed by atoms with E-state index in [0.717, 1.165) is 24.0 Å². The van der Waals surface area contributed by atoms with Crippen molar-refractivity contribution in [1.82, 2.24) is 0 Å². The van der Waals surface area contributed by atoms with Crippen LogP contribution in [0.15, 0.2) is 11.8 Å². The summed E-state index contributed by atoms with van der Waals surface area (Å²) in [4.78, 5) is 0. The molecule has 1 heterocycles. The molecule has 0 spiro atoms. The first-order valence-corrected chi connectivity index (χ1v) is 7.06. The molecule has 1 aliphatic carbocycles. The van der Waals surface area contributed by atoms with E-state index in [0.29, 0.717) is 17.9 Å². The van der Waals surface area contributed by atoms with E-state index in [1.165, 1.54) is 31.9 Å². The highest BCUT2D eigenvalue weighted by molar-refractivity contribution is 5.05. The van der Waals surface area contributed by atoms with Gasteiger partial charge in [0.2, 0.25) is 0 Å². The lowest BCUT2D eigenvalue weighted by atomic mass is 9.64. The molecule has 2 rings (SSSR count). The van der Waals surface area contributed by atoms with Gasteiger partial charge >= 0.3 is 0 Å². The highest BCUT2D eigenvalue weighted by Gasteiger charge is 2.39. The summed E-state index contributed by atoms with van der Waals surface area (Å²) in [5.41, 5.74) is 1.14. The molecule has 0 amide bonds. The largest absolute Gasteiger partial charge is 0.516 e. The Bertz CT molecular complexity index is 285. The number of allylic oxidation sites excluding steroid dienone is 1. The van der Waals surface area contributed by atoms with E-state index in [1.807, 2.05) is 0 Å². The fourth-order valence-corrected chi connectivity index (χ4v) is 3.78. The van der Waals surface area contributed by atoms with E-state index in [1.54, 1.807) is 0 Å². The van der Waals surface area contributed by atoms with Crippen molar-refractivity contribution in [3.63, 3.8) is 0 Å². The third kappa shape index (κ3) is 2.67. The van der Waals surface area contributed by atoms with Crippen LogP contribution >= 0.6 is 0 Å². The third-order valence-corrected chi connectivity index (χ3v) is 5.00. The molecule has 1 aliphatic heterocycles. The second-order valence-corrected chi connectivity index (χ2v) is 6.08. The lowest BCUT2D eigenvalue weighted by Gasteiger charge is -2.41. The first-order chi connectivity index (χ1) is 8.13. The van der Waals surface area contributed by atoms with E-state index in [-0.39, 0.29) is 0 Å². The number of rotatable bonds is 1. The van der Waals surface area contributed by atoms with Gasteiger partial charge in [0.05, 0.1) is 19.0 Å². The molecule has 5 atom stereocenters. The standard InChI is InChI=1S/C15H26O2/c1-10-4-6-14(11(2)8-16)15-9-17-12(3)5-7-13(10)15/h8,10,12-16H,4-7,9H2,1-3H3/b11-8-/t10-,12?,13?,14+,15?/m1/s1. The number of hydrogen-bond acceptors (Lipinski definition) is 2. The molecule has 3 unspecified atom stereocenters. The topological polar surface area (TPSA) is 29.5 Å². The zero-order valence-electron chi connectivity index (χ0n) is 11.4. The van der Waals surface area contributed by atoms with Crippen molar-refractivity contribution in [1.29, 1.82) is 0 Å². The van der Waals surface area contributed by atoms with Crippen LogP contribution in [0.25, 0.3) is 0 Å². The van der Waals surface area contributed by atoms with Crippen molar-refractivity contribution in [2.24, 2.45) is 23.7 Å². The van der Waals surface area contributed by atoms with E-state index >= 15 is 0 Å². The van der Waals surface area contributed by atoms with Crippen LogP contribution in [0.2, 0.25) is 0 Å². The summed E-state index contributed by atoms with van der Waals surface area (Å²) in [5, 5.41) is 9.26. The fourth-order valence-electron chi connectivity index (χ4n) is 3.78. The number of aliphatic hydroxyl groups is 1. The van der Waals surface area contributed by atoms with Gasteiger partial charge in [0, 0.05) is 0 Å². The van der Waals surface area contributed by atoms with Gasteiger partial charge in [0.25, 0.3) is 0 Å². The molecule has 0 aromatic carbocycles. The van der Waals surface area contributed by atoms with Crippen LogP contribution in [0, 0.1) is 23.7 Å². The Morgan fingerprint density at radius 2 is 1.88 bits per heavy atom. The normalized spacial score (nSPS) is 43.9. The predicted octanol–water partition coefficient (Wildman–Crippen LogP) is 3.93. The number of fused-ring (bicyclic) bond motifs is 1. The summed E-state index contributed by atoms with van der Waals surface area (Å²) in [6.45, 7) is 7.52. The van der Waals surface area contributed by atoms with Crippen LogP contribution in [-0.4, -0.2) is 17.8 Å². The minimum atomic E-state index is 0.409. The van der Waals surface area contributed by atoms with Gasteiger partial charge in [0.15, 0.2) is 0 Å². The molecule has 0 bridgehead atoms. The number of ether oxygens (including phenoxy) is 1. The Morgan fingerprint density at radius 1 is 1.12 bits per heavy atom. The second kappa shape index (κ2) is 5.43. The molecule has 2 heteroatoms. The van der Waals surface area contributed by atoms with E-state index in [2.05, 4.69) is 20.8 Å². The van der Waals surface area contributed by atoms with Crippen molar-refractivity contribution in [3.8, 4) is 0 Å². The van der Waals surface area contributed by atoms with Gasteiger partial charge < -0.3 is 9.84 Å². The molecule has 2 aliphatic rings. The van der Waals surface area contributed by atoms with Crippen molar-refractivity contribution in [2.45, 2.75) is 52.6 Å². The molecule has 2 fully saturated rings. The summed E-state index contributed by atoms with van der Waals surface area (Å²) < 4.78 is 5.94. The molecule has 1 N–H and O–H groups in total. The monoisotopic (exact) mass is 238 g/mol. The average Bonchev–Trinajstić information content (AvgIpc) is 2.52. The minimum Gasteiger partial charge on any atom is -0.516 e. The van der Waals surface area contributed by atoms with Gasteiger partial charge in [-0.2, -0.15) is 0 Å². The SMILES string of the molecule is C/C(=C/O)[C@@H]1CC[C@@H](C)C2CCC(C)OCC21. The quantitative estimate of drug-likeness (QED) is 0.701. The molecule has 98 valence electrons. The lowest BCUT2D eigenvalue weighted by molar-refractivity contribution is 0.0143. The van der Waals surface area contributed by atoms with Gasteiger partial charge in [-0.3, -0.25) is 0 Å². The van der Waals surface area contributed by atoms with Crippen molar-refractivity contribution in [3.05, 3.63) is 11.8 Å². The van der Waals surface area contributed by atoms with Crippen LogP contribution in [-0.2, 0) is 4.74 Å². The summed E-state index contributed by atoms with van der Waals surface area (Å²) in [7, 11) is 0. The Labute approximate surface area is 105 Å². The minimum absolute atomic E-state index is 0.409. The maximum atomic E-state index is 9.26. The van der Waals surface area contributed by atoms with Gasteiger partial charge in [-0.05, 0) is 68.8 Å².